The van der Waals surface area contributed by atoms with E-state index in [4.69, 9.17) is 4.74 Å². The number of hydrogen-bond donors (Lipinski definition) is 7. The first kappa shape index (κ1) is 55.2. The predicted molar refractivity (Wildman–Crippen MR) is 236 cm³/mol. The number of amides is 4. The molecule has 0 aliphatic rings. The Hall–Kier alpha value is -4.82. The molecule has 0 atom stereocenters. The number of carbonyl (C=O) groups excluding carboxylic acids is 6. The molecule has 0 radical (unpaired) electrons. The Morgan fingerprint density at radius 2 is 1.03 bits per heavy atom. The van der Waals surface area contributed by atoms with Gasteiger partial charge in [-0.25, -0.2) is 9.59 Å². The van der Waals surface area contributed by atoms with Gasteiger partial charge in [-0.1, -0.05) is 56.7 Å². The summed E-state index contributed by atoms with van der Waals surface area (Å²) < 4.78 is 32.7. The van der Waals surface area contributed by atoms with Gasteiger partial charge in [0.2, 0.25) is 35.3 Å². The maximum absolute atomic E-state index is 13.1. The van der Waals surface area contributed by atoms with Crippen molar-refractivity contribution >= 4 is 78.6 Å². The molecule has 0 bridgehead atoms. The standard InChI is InChI=1S/C19H28FN5O6S2.C17H25FN4O5S2/c1-13(21-2)3-4-15(26)22-7-9-32-33-10-8-23-16(27)5-6-17(28)31-12-25-11-14(20)18(29)24-19(25)30;1-2-12(23)3-4-14(24)19-6-9-28-29-10-7-20-15(25)5-8-22-11-13(18)16(26)21-17(22)27/h11,21H,1,3-10,12H2,2H3,(H,22,26)(H,23,27)(H,24,29,30);11H,2-10H2,1H3,(H,19,24)(H,20,25)(H,21,26,27). The van der Waals surface area contributed by atoms with Gasteiger partial charge in [0, 0.05) is 107 Å². The number of carbonyl (C=O) groups is 6. The number of H-pyrrole nitrogens is 2. The van der Waals surface area contributed by atoms with Gasteiger partial charge in [-0.05, 0) is 6.42 Å². The summed E-state index contributed by atoms with van der Waals surface area (Å²) in [4.78, 5) is 118. The number of aromatic amines is 2. The van der Waals surface area contributed by atoms with Gasteiger partial charge < -0.3 is 31.3 Å². The number of esters is 1. The number of Topliss-reactive ketones (excluding diaryl/α,β-unsaturated/α-hetero) is 1. The zero-order chi connectivity index (χ0) is 46.3. The lowest BCUT2D eigenvalue weighted by molar-refractivity contribution is -0.148. The maximum atomic E-state index is 13.1. The lowest BCUT2D eigenvalue weighted by atomic mass is 10.2. The molecule has 7 N–H and O–H groups in total. The molecule has 2 aromatic rings. The maximum Gasteiger partial charge on any atom is 0.331 e. The molecule has 4 amide bonds. The van der Waals surface area contributed by atoms with E-state index >= 15 is 0 Å². The fraction of sp³-hybridized carbons (Fsp3) is 0.556. The molecule has 0 aliphatic carbocycles. The minimum Gasteiger partial charge on any atom is -0.444 e. The molecule has 0 fully saturated rings. The van der Waals surface area contributed by atoms with Crippen LogP contribution in [0.1, 0.15) is 58.3 Å². The van der Waals surface area contributed by atoms with E-state index < -0.39 is 46.8 Å². The van der Waals surface area contributed by atoms with Crippen molar-refractivity contribution in [3.05, 3.63) is 78.0 Å². The van der Waals surface area contributed by atoms with Crippen LogP contribution >= 0.6 is 43.2 Å². The second-order valence-electron chi connectivity index (χ2n) is 12.5. The predicted octanol–water partition coefficient (Wildman–Crippen LogP) is 0.523. The van der Waals surface area contributed by atoms with Crippen LogP contribution in [0.25, 0.3) is 0 Å². The zero-order valence-electron chi connectivity index (χ0n) is 34.4. The molecular weight excluding hydrogens is 901 g/mol. The first-order chi connectivity index (χ1) is 29.6. The second-order valence-corrected chi connectivity index (χ2v) is 17.9. The van der Waals surface area contributed by atoms with Crippen molar-refractivity contribution in [1.29, 1.82) is 0 Å². The molecule has 0 saturated heterocycles. The number of aromatic nitrogens is 4. The summed E-state index contributed by atoms with van der Waals surface area (Å²) in [6.07, 6.45) is 3.00. The highest BCUT2D eigenvalue weighted by Gasteiger charge is 2.11. The molecule has 26 heteroatoms. The molecule has 20 nitrogen and oxygen atoms in total. The molecule has 2 aromatic heterocycles. The quantitative estimate of drug-likeness (QED) is 0.0319. The topological polar surface area (TPSA) is 282 Å². The molecule has 2 heterocycles. The highest BCUT2D eigenvalue weighted by atomic mass is 33.1. The van der Waals surface area contributed by atoms with E-state index in [0.717, 1.165) is 22.2 Å². The largest absolute Gasteiger partial charge is 0.444 e. The van der Waals surface area contributed by atoms with Crippen molar-refractivity contribution in [2.24, 2.45) is 0 Å². The number of rotatable bonds is 30. The Balaban J connectivity index is 0.000000625. The van der Waals surface area contributed by atoms with Crippen LogP contribution in [0.3, 0.4) is 0 Å². The number of allylic oxidation sites excluding steroid dienone is 1. The molecule has 2 rings (SSSR count). The van der Waals surface area contributed by atoms with Crippen LogP contribution in [0.4, 0.5) is 8.78 Å². The summed E-state index contributed by atoms with van der Waals surface area (Å²) in [5.41, 5.74) is -3.12. The third kappa shape index (κ3) is 26.5. The summed E-state index contributed by atoms with van der Waals surface area (Å²) in [6, 6.07) is 0. The Kier molecular flexibility index (Phi) is 29.2. The second kappa shape index (κ2) is 32.8. The van der Waals surface area contributed by atoms with E-state index in [-0.39, 0.29) is 68.1 Å². The number of ketones is 1. The molecule has 0 spiro atoms. The first-order valence-corrected chi connectivity index (χ1v) is 24.1. The Morgan fingerprint density at radius 1 is 0.629 bits per heavy atom. The van der Waals surface area contributed by atoms with Gasteiger partial charge in [-0.2, -0.15) is 8.78 Å². The monoisotopic (exact) mass is 953 g/mol. The van der Waals surface area contributed by atoms with Crippen LogP contribution in [0.15, 0.2) is 43.8 Å². The van der Waals surface area contributed by atoms with Gasteiger partial charge in [0.25, 0.3) is 11.1 Å². The average Bonchev–Trinajstić information content (AvgIpc) is 3.24. The summed E-state index contributed by atoms with van der Waals surface area (Å²) in [7, 11) is 7.98. The fourth-order valence-electron chi connectivity index (χ4n) is 4.22. The van der Waals surface area contributed by atoms with Crippen molar-refractivity contribution in [2.45, 2.75) is 71.6 Å². The molecular formula is C36H53F2N9O11S4. The van der Waals surface area contributed by atoms with Gasteiger partial charge in [0.1, 0.15) is 5.78 Å². The van der Waals surface area contributed by atoms with Crippen LogP contribution < -0.4 is 49.1 Å². The molecule has 0 aliphatic heterocycles. The third-order valence-corrected chi connectivity index (χ3v) is 12.5. The zero-order valence-corrected chi connectivity index (χ0v) is 37.6. The van der Waals surface area contributed by atoms with E-state index in [1.807, 2.05) is 4.98 Å². The number of nitrogens with one attached hydrogen (secondary N) is 7. The number of ether oxygens (including phenoxy) is 1. The van der Waals surface area contributed by atoms with E-state index in [9.17, 15) is 56.7 Å². The Labute approximate surface area is 370 Å². The van der Waals surface area contributed by atoms with Gasteiger partial charge in [0.15, 0.2) is 6.73 Å². The Morgan fingerprint density at radius 3 is 1.48 bits per heavy atom. The number of aryl methyl sites for hydroxylation is 1. The molecule has 346 valence electrons. The van der Waals surface area contributed by atoms with Crippen molar-refractivity contribution in [2.75, 3.05) is 56.2 Å². The highest BCUT2D eigenvalue weighted by molar-refractivity contribution is 8.77. The molecule has 0 unspecified atom stereocenters. The summed E-state index contributed by atoms with van der Waals surface area (Å²) in [5.74, 6) is -0.981. The summed E-state index contributed by atoms with van der Waals surface area (Å²) in [6.45, 7) is 6.81. The van der Waals surface area contributed by atoms with E-state index in [1.54, 1.807) is 62.1 Å². The molecule has 62 heavy (non-hydrogen) atoms. The normalized spacial score (nSPS) is 10.5. The van der Waals surface area contributed by atoms with Gasteiger partial charge in [-0.3, -0.25) is 57.5 Å². The molecule has 0 saturated carbocycles. The van der Waals surface area contributed by atoms with Gasteiger partial charge in [-0.15, -0.1) is 0 Å². The third-order valence-electron chi connectivity index (χ3n) is 7.66. The number of hydrogen-bond acceptors (Lipinski definition) is 16. The SMILES string of the molecule is C=C(CCC(=O)NCCSSCCNC(=O)CCC(=O)OCn1cc(F)c(=O)[nH]c1=O)NC.CCC(=O)CCC(=O)NCCSSCCNC(=O)CCn1cc(F)c(=O)[nH]c1=O. The number of nitrogens with zero attached hydrogens (tertiary/aromatic N) is 2. The lowest BCUT2D eigenvalue weighted by Gasteiger charge is -2.08. The fourth-order valence-corrected chi connectivity index (χ4v) is 7.84. The smallest absolute Gasteiger partial charge is 0.331 e. The van der Waals surface area contributed by atoms with Crippen LogP contribution in [0.2, 0.25) is 0 Å². The van der Waals surface area contributed by atoms with Gasteiger partial charge >= 0.3 is 17.3 Å². The summed E-state index contributed by atoms with van der Waals surface area (Å²) >= 11 is 0. The van der Waals surface area contributed by atoms with Crippen LogP contribution in [0, 0.1) is 11.6 Å². The average molecular weight is 954 g/mol. The van der Waals surface area contributed by atoms with Crippen LogP contribution in [0.5, 0.6) is 0 Å². The number of halogens is 2. The van der Waals surface area contributed by atoms with Crippen LogP contribution in [-0.2, 0) is 46.8 Å². The minimum atomic E-state index is -1.18. The van der Waals surface area contributed by atoms with Crippen molar-refractivity contribution in [3.8, 4) is 0 Å². The van der Waals surface area contributed by atoms with Gasteiger partial charge in [0.05, 0.1) is 18.8 Å². The van der Waals surface area contributed by atoms with E-state index in [0.29, 0.717) is 73.5 Å². The molecule has 0 aromatic carbocycles. The van der Waals surface area contributed by atoms with Crippen molar-refractivity contribution in [3.63, 3.8) is 0 Å². The first-order valence-electron chi connectivity index (χ1n) is 19.1. The Bertz CT molecular complexity index is 2030. The van der Waals surface area contributed by atoms with E-state index in [2.05, 4.69) is 33.2 Å². The minimum absolute atomic E-state index is 0.0181. The summed E-state index contributed by atoms with van der Waals surface area (Å²) in [5, 5.41) is 13.8. The highest BCUT2D eigenvalue weighted by Crippen LogP contribution is 2.20. The van der Waals surface area contributed by atoms with E-state index in [1.165, 1.54) is 0 Å². The van der Waals surface area contributed by atoms with Crippen molar-refractivity contribution in [1.82, 2.24) is 45.7 Å². The van der Waals surface area contributed by atoms with Crippen LogP contribution in [-0.4, -0.2) is 111 Å². The van der Waals surface area contributed by atoms with Crippen molar-refractivity contribution < 1.29 is 42.3 Å². The lowest BCUT2D eigenvalue weighted by Crippen LogP contribution is -2.33.